The lowest BCUT2D eigenvalue weighted by molar-refractivity contribution is 0.0994. The van der Waals surface area contributed by atoms with Gasteiger partial charge in [-0.25, -0.2) is 13.7 Å². The molecule has 0 saturated carbocycles. The van der Waals surface area contributed by atoms with E-state index in [1.165, 1.54) is 12.8 Å². The Hall–Kier alpha value is -1.74. The first-order chi connectivity index (χ1) is 14.9. The summed E-state index contributed by atoms with van der Waals surface area (Å²) in [5, 5.41) is 6.07. The average Bonchev–Trinajstić information content (AvgIpc) is 3.37. The smallest absolute Gasteiger partial charge is 0.269 e. The van der Waals surface area contributed by atoms with Crippen LogP contribution in [0.15, 0.2) is 42.5 Å². The Morgan fingerprint density at radius 3 is 2.39 bits per heavy atom. The van der Waals surface area contributed by atoms with Gasteiger partial charge in [0.1, 0.15) is 0 Å². The van der Waals surface area contributed by atoms with Crippen LogP contribution in [0, 0.1) is 0 Å². The van der Waals surface area contributed by atoms with Crippen molar-refractivity contribution in [2.24, 2.45) is 5.73 Å². The molecule has 0 unspecified atom stereocenters. The molecule has 3 N–H and O–H groups in total. The molecule has 6 nitrogen and oxygen atoms in total. The summed E-state index contributed by atoms with van der Waals surface area (Å²) in [6.45, 7) is 2.46. The highest BCUT2D eigenvalue weighted by atomic mass is 35.5. The van der Waals surface area contributed by atoms with Gasteiger partial charge in [0.2, 0.25) is 0 Å². The number of aromatic nitrogens is 2. The van der Waals surface area contributed by atoms with Crippen LogP contribution in [0.2, 0.25) is 15.1 Å². The number of hydrogen-bond donors (Lipinski definition) is 2. The van der Waals surface area contributed by atoms with Gasteiger partial charge in [0.25, 0.3) is 5.91 Å². The van der Waals surface area contributed by atoms with Crippen LogP contribution in [0.1, 0.15) is 28.9 Å². The van der Waals surface area contributed by atoms with Gasteiger partial charge in [-0.1, -0.05) is 46.9 Å². The monoisotopic (exact) mass is 495 g/mol. The highest BCUT2D eigenvalue weighted by Crippen LogP contribution is 2.34. The Balaban J connectivity index is 1.81. The van der Waals surface area contributed by atoms with E-state index in [0.29, 0.717) is 38.6 Å². The third-order valence-electron chi connectivity index (χ3n) is 4.98. The zero-order valence-electron chi connectivity index (χ0n) is 16.4. The minimum absolute atomic E-state index is 0.186. The maximum atomic E-state index is 12.3. The molecule has 1 aliphatic heterocycles. The molecule has 2 heterocycles. The minimum atomic E-state index is -0.609. The van der Waals surface area contributed by atoms with Crippen molar-refractivity contribution < 1.29 is 4.79 Å². The van der Waals surface area contributed by atoms with Crippen LogP contribution in [0.5, 0.6) is 0 Å². The van der Waals surface area contributed by atoms with Crippen molar-refractivity contribution in [3.63, 3.8) is 0 Å². The van der Waals surface area contributed by atoms with Gasteiger partial charge in [-0.15, -0.1) is 0 Å². The molecule has 0 bridgehead atoms. The molecule has 1 aromatic heterocycles. The molecular formula is C21H20Cl3N5OS. The van der Waals surface area contributed by atoms with E-state index in [4.69, 9.17) is 40.5 Å². The lowest BCUT2D eigenvalue weighted by Gasteiger charge is -2.15. The van der Waals surface area contributed by atoms with Crippen LogP contribution in [-0.4, -0.2) is 33.1 Å². The van der Waals surface area contributed by atoms with Crippen LogP contribution in [0.3, 0.4) is 0 Å². The predicted molar refractivity (Wildman–Crippen MR) is 128 cm³/mol. The normalized spacial score (nSPS) is 14.3. The van der Waals surface area contributed by atoms with E-state index in [-0.39, 0.29) is 5.69 Å². The standard InChI is InChI=1S/C21H20Cl3N5OS/c22-14-5-3-13(4-6-14)20-16(12-26-31-28-9-1-2-10-28)19(21(25)30)27-29(20)18-8-7-15(23)11-17(18)24/h3-8,11,26H,1-2,9-10,12H2,(H2,25,30). The first kappa shape index (κ1) is 22.5. The first-order valence-corrected chi connectivity index (χ1v) is 11.6. The number of amides is 1. The van der Waals surface area contributed by atoms with E-state index in [9.17, 15) is 4.79 Å². The Labute approximate surface area is 199 Å². The SMILES string of the molecule is NC(=O)c1nn(-c2ccc(Cl)cc2Cl)c(-c2ccc(Cl)cc2)c1CNSN1CCCC1. The molecule has 2 aromatic carbocycles. The summed E-state index contributed by atoms with van der Waals surface area (Å²) in [6.07, 6.45) is 2.37. The van der Waals surface area contributed by atoms with Crippen molar-refractivity contribution in [3.05, 3.63) is 68.8 Å². The van der Waals surface area contributed by atoms with Crippen LogP contribution in [0.4, 0.5) is 0 Å². The van der Waals surface area contributed by atoms with Crippen molar-refractivity contribution in [3.8, 4) is 16.9 Å². The molecule has 0 radical (unpaired) electrons. The third-order valence-corrected chi connectivity index (χ3v) is 6.67. The second-order valence-electron chi connectivity index (χ2n) is 7.10. The molecule has 0 spiro atoms. The van der Waals surface area contributed by atoms with Gasteiger partial charge in [-0.05, 0) is 43.2 Å². The lowest BCUT2D eigenvalue weighted by atomic mass is 10.0. The zero-order valence-corrected chi connectivity index (χ0v) is 19.5. The number of carbonyl (C=O) groups is 1. The van der Waals surface area contributed by atoms with Gasteiger partial charge in [-0.2, -0.15) is 5.10 Å². The molecule has 1 fully saturated rings. The maximum absolute atomic E-state index is 12.3. The highest BCUT2D eigenvalue weighted by Gasteiger charge is 2.25. The predicted octanol–water partition coefficient (Wildman–Crippen LogP) is 5.35. The summed E-state index contributed by atoms with van der Waals surface area (Å²) in [5.41, 5.74) is 8.71. The Bertz CT molecular complexity index is 1100. The van der Waals surface area contributed by atoms with E-state index in [1.54, 1.807) is 47.1 Å². The number of carbonyl (C=O) groups excluding carboxylic acids is 1. The first-order valence-electron chi connectivity index (χ1n) is 9.72. The fourth-order valence-corrected chi connectivity index (χ4v) is 4.97. The molecule has 0 aliphatic carbocycles. The highest BCUT2D eigenvalue weighted by molar-refractivity contribution is 7.95. The number of halogens is 3. The topological polar surface area (TPSA) is 76.2 Å². The fourth-order valence-electron chi connectivity index (χ4n) is 3.52. The largest absolute Gasteiger partial charge is 0.364 e. The van der Waals surface area contributed by atoms with E-state index < -0.39 is 5.91 Å². The molecule has 0 atom stereocenters. The molecule has 162 valence electrons. The molecule has 3 aromatic rings. The van der Waals surface area contributed by atoms with Gasteiger partial charge >= 0.3 is 0 Å². The number of hydrogen-bond acceptors (Lipinski definition) is 5. The molecule has 1 amide bonds. The van der Waals surface area contributed by atoms with Crippen molar-refractivity contribution in [1.29, 1.82) is 0 Å². The zero-order chi connectivity index (χ0) is 22.0. The van der Waals surface area contributed by atoms with Crippen LogP contribution < -0.4 is 10.5 Å². The second-order valence-corrected chi connectivity index (χ2v) is 9.37. The van der Waals surface area contributed by atoms with Crippen LogP contribution in [0.25, 0.3) is 16.9 Å². The second kappa shape index (κ2) is 9.81. The Morgan fingerprint density at radius 2 is 1.74 bits per heavy atom. The van der Waals surface area contributed by atoms with E-state index in [2.05, 4.69) is 14.1 Å². The van der Waals surface area contributed by atoms with E-state index in [0.717, 1.165) is 18.7 Å². The van der Waals surface area contributed by atoms with Crippen molar-refractivity contribution in [1.82, 2.24) is 18.8 Å². The van der Waals surface area contributed by atoms with E-state index >= 15 is 0 Å². The quantitative estimate of drug-likeness (QED) is 0.431. The van der Waals surface area contributed by atoms with Crippen molar-refractivity contribution >= 4 is 52.8 Å². The summed E-state index contributed by atoms with van der Waals surface area (Å²) < 4.78 is 7.25. The van der Waals surface area contributed by atoms with Crippen LogP contribution >= 0.6 is 46.9 Å². The summed E-state index contributed by atoms with van der Waals surface area (Å²) >= 11 is 20.2. The number of benzene rings is 2. The lowest BCUT2D eigenvalue weighted by Crippen LogP contribution is -2.20. The number of nitrogens with zero attached hydrogens (tertiary/aromatic N) is 3. The van der Waals surface area contributed by atoms with Gasteiger partial charge in [0.15, 0.2) is 5.69 Å². The molecule has 10 heteroatoms. The summed E-state index contributed by atoms with van der Waals surface area (Å²) in [6, 6.07) is 12.5. The minimum Gasteiger partial charge on any atom is -0.364 e. The van der Waals surface area contributed by atoms with Gasteiger partial charge in [0, 0.05) is 52.9 Å². The van der Waals surface area contributed by atoms with E-state index in [1.807, 2.05) is 12.1 Å². The molecule has 1 saturated heterocycles. The maximum Gasteiger partial charge on any atom is 0.269 e. The van der Waals surface area contributed by atoms with Gasteiger partial charge in [-0.3, -0.25) is 4.79 Å². The molecular weight excluding hydrogens is 477 g/mol. The van der Waals surface area contributed by atoms with Gasteiger partial charge in [0.05, 0.1) is 16.4 Å². The molecule has 4 rings (SSSR count). The van der Waals surface area contributed by atoms with Crippen molar-refractivity contribution in [2.75, 3.05) is 13.1 Å². The fraction of sp³-hybridized carbons (Fsp3) is 0.238. The number of rotatable bonds is 7. The molecule has 31 heavy (non-hydrogen) atoms. The van der Waals surface area contributed by atoms with Crippen LogP contribution in [-0.2, 0) is 6.54 Å². The third kappa shape index (κ3) is 5.03. The number of nitrogens with two attached hydrogens (primary N) is 1. The van der Waals surface area contributed by atoms with Crippen molar-refractivity contribution in [2.45, 2.75) is 19.4 Å². The Kier molecular flexibility index (Phi) is 7.11. The Morgan fingerprint density at radius 1 is 1.06 bits per heavy atom. The average molecular weight is 497 g/mol. The summed E-state index contributed by atoms with van der Waals surface area (Å²) in [5.74, 6) is -0.609. The molecule has 1 aliphatic rings. The number of primary amides is 1. The number of nitrogens with one attached hydrogen (secondary N) is 1. The van der Waals surface area contributed by atoms with Gasteiger partial charge < -0.3 is 5.73 Å². The summed E-state index contributed by atoms with van der Waals surface area (Å²) in [4.78, 5) is 12.3. The summed E-state index contributed by atoms with van der Waals surface area (Å²) in [7, 11) is 0.